The van der Waals surface area contributed by atoms with Gasteiger partial charge in [-0.1, -0.05) is 12.1 Å². The van der Waals surface area contributed by atoms with Crippen LogP contribution in [-0.4, -0.2) is 12.8 Å². The summed E-state index contributed by atoms with van der Waals surface area (Å²) in [5.74, 6) is 0.548. The Hall–Kier alpha value is -1.23. The molecule has 100 valence electrons. The second-order valence-corrected chi connectivity index (χ2v) is 4.54. The van der Waals surface area contributed by atoms with Gasteiger partial charge in [-0.05, 0) is 36.5 Å². The lowest BCUT2D eigenvalue weighted by atomic mass is 9.87. The Morgan fingerprint density at radius 3 is 2.83 bits per heavy atom. The highest BCUT2D eigenvalue weighted by Crippen LogP contribution is 2.34. The molecule has 0 saturated heterocycles. The molecule has 1 aromatic rings. The largest absolute Gasteiger partial charge is 0.493 e. The second-order valence-electron chi connectivity index (χ2n) is 4.54. The van der Waals surface area contributed by atoms with Gasteiger partial charge < -0.3 is 10.5 Å². The van der Waals surface area contributed by atoms with Crippen molar-refractivity contribution in [1.29, 1.82) is 0 Å². The summed E-state index contributed by atoms with van der Waals surface area (Å²) in [6, 6.07) is 5.40. The molecule has 0 saturated carbocycles. The number of alkyl halides is 3. The SMILES string of the molecule is NC1CCCc2c(OCCC(F)(F)F)cccc21. The molecule has 2 nitrogen and oxygen atoms in total. The molecular weight excluding hydrogens is 243 g/mol. The summed E-state index contributed by atoms with van der Waals surface area (Å²) in [5, 5.41) is 0. The van der Waals surface area contributed by atoms with E-state index >= 15 is 0 Å². The third-order valence-electron chi connectivity index (χ3n) is 3.15. The molecule has 0 bridgehead atoms. The molecule has 1 atom stereocenters. The number of benzene rings is 1. The molecule has 1 aliphatic carbocycles. The van der Waals surface area contributed by atoms with E-state index in [2.05, 4.69) is 0 Å². The molecular formula is C13H16F3NO. The molecule has 0 heterocycles. The predicted molar refractivity (Wildman–Crippen MR) is 62.5 cm³/mol. The van der Waals surface area contributed by atoms with Crippen LogP contribution >= 0.6 is 0 Å². The average molecular weight is 259 g/mol. The van der Waals surface area contributed by atoms with Gasteiger partial charge in [0.1, 0.15) is 5.75 Å². The zero-order valence-corrected chi connectivity index (χ0v) is 9.96. The maximum absolute atomic E-state index is 12.1. The number of rotatable bonds is 3. The van der Waals surface area contributed by atoms with Crippen LogP contribution in [-0.2, 0) is 6.42 Å². The molecule has 2 N–H and O–H groups in total. The maximum Gasteiger partial charge on any atom is 0.392 e. The molecule has 0 radical (unpaired) electrons. The van der Waals surface area contributed by atoms with Gasteiger partial charge in [-0.25, -0.2) is 0 Å². The Morgan fingerprint density at radius 1 is 1.33 bits per heavy atom. The van der Waals surface area contributed by atoms with Crippen LogP contribution in [0.4, 0.5) is 13.2 Å². The van der Waals surface area contributed by atoms with Gasteiger partial charge in [0, 0.05) is 6.04 Å². The summed E-state index contributed by atoms with van der Waals surface area (Å²) in [7, 11) is 0. The molecule has 2 rings (SSSR count). The molecule has 0 aromatic heterocycles. The van der Waals surface area contributed by atoms with Crippen molar-refractivity contribution in [3.63, 3.8) is 0 Å². The van der Waals surface area contributed by atoms with Gasteiger partial charge in [0.25, 0.3) is 0 Å². The van der Waals surface area contributed by atoms with Gasteiger partial charge >= 0.3 is 6.18 Å². The number of halogens is 3. The van der Waals surface area contributed by atoms with Crippen LogP contribution < -0.4 is 10.5 Å². The first-order valence-electron chi connectivity index (χ1n) is 6.04. The van der Waals surface area contributed by atoms with Gasteiger partial charge in [0.2, 0.25) is 0 Å². The molecule has 0 amide bonds. The molecule has 18 heavy (non-hydrogen) atoms. The van der Waals surface area contributed by atoms with Gasteiger partial charge in [0.15, 0.2) is 0 Å². The Labute approximate surface area is 104 Å². The van der Waals surface area contributed by atoms with Gasteiger partial charge in [0.05, 0.1) is 13.0 Å². The summed E-state index contributed by atoms with van der Waals surface area (Å²) >= 11 is 0. The maximum atomic E-state index is 12.1. The minimum Gasteiger partial charge on any atom is -0.493 e. The molecule has 0 aliphatic heterocycles. The summed E-state index contributed by atoms with van der Waals surface area (Å²) in [6.45, 7) is -0.338. The van der Waals surface area contributed by atoms with E-state index in [-0.39, 0.29) is 12.6 Å². The summed E-state index contributed by atoms with van der Waals surface area (Å²) in [5.41, 5.74) is 7.95. The van der Waals surface area contributed by atoms with Gasteiger partial charge in [-0.15, -0.1) is 0 Å². The lowest BCUT2D eigenvalue weighted by molar-refractivity contribution is -0.139. The van der Waals surface area contributed by atoms with E-state index in [1.807, 2.05) is 6.07 Å². The molecule has 1 aromatic carbocycles. The monoisotopic (exact) mass is 259 g/mol. The van der Waals surface area contributed by atoms with E-state index < -0.39 is 12.6 Å². The molecule has 1 unspecified atom stereocenters. The van der Waals surface area contributed by atoms with Crippen LogP contribution in [0.1, 0.15) is 36.4 Å². The zero-order chi connectivity index (χ0) is 13.2. The van der Waals surface area contributed by atoms with Crippen molar-refractivity contribution in [3.05, 3.63) is 29.3 Å². The van der Waals surface area contributed by atoms with E-state index in [1.54, 1.807) is 12.1 Å². The third-order valence-corrected chi connectivity index (χ3v) is 3.15. The van der Waals surface area contributed by atoms with Gasteiger partial charge in [-0.2, -0.15) is 13.2 Å². The average Bonchev–Trinajstić information content (AvgIpc) is 2.29. The fourth-order valence-corrected chi connectivity index (χ4v) is 2.26. The number of fused-ring (bicyclic) bond motifs is 1. The fourth-order valence-electron chi connectivity index (χ4n) is 2.26. The Kier molecular flexibility index (Phi) is 3.80. The van der Waals surface area contributed by atoms with E-state index in [1.165, 1.54) is 0 Å². The van der Waals surface area contributed by atoms with Crippen LogP contribution in [0, 0.1) is 0 Å². The predicted octanol–water partition coefficient (Wildman–Crippen LogP) is 3.35. The minimum atomic E-state index is -4.18. The van der Waals surface area contributed by atoms with Crippen molar-refractivity contribution in [2.24, 2.45) is 5.73 Å². The van der Waals surface area contributed by atoms with E-state index in [0.717, 1.165) is 30.4 Å². The first kappa shape index (κ1) is 13.2. The second kappa shape index (κ2) is 5.18. The topological polar surface area (TPSA) is 35.2 Å². The first-order chi connectivity index (χ1) is 8.47. The number of hydrogen-bond acceptors (Lipinski definition) is 2. The van der Waals surface area contributed by atoms with Crippen molar-refractivity contribution < 1.29 is 17.9 Å². The number of hydrogen-bond donors (Lipinski definition) is 1. The van der Waals surface area contributed by atoms with Crippen LogP contribution in [0.5, 0.6) is 5.75 Å². The normalized spacial score (nSPS) is 19.4. The zero-order valence-electron chi connectivity index (χ0n) is 9.96. The Bertz CT molecular complexity index is 417. The van der Waals surface area contributed by atoms with Crippen LogP contribution in [0.25, 0.3) is 0 Å². The standard InChI is InChI=1S/C13H16F3NO/c14-13(15,16)7-8-18-12-6-2-3-9-10(12)4-1-5-11(9)17/h2-3,6,11H,1,4-5,7-8,17H2. The molecule has 0 fully saturated rings. The number of nitrogens with two attached hydrogens (primary N) is 1. The Balaban J connectivity index is 2.07. The first-order valence-corrected chi connectivity index (χ1v) is 6.04. The molecule has 1 aliphatic rings. The smallest absolute Gasteiger partial charge is 0.392 e. The van der Waals surface area contributed by atoms with E-state index in [9.17, 15) is 13.2 Å². The lowest BCUT2D eigenvalue weighted by Crippen LogP contribution is -2.19. The number of ether oxygens (including phenoxy) is 1. The van der Waals surface area contributed by atoms with Crippen molar-refractivity contribution in [2.45, 2.75) is 37.9 Å². The summed E-state index contributed by atoms with van der Waals surface area (Å²) < 4.78 is 41.4. The highest BCUT2D eigenvalue weighted by atomic mass is 19.4. The van der Waals surface area contributed by atoms with Crippen molar-refractivity contribution in [3.8, 4) is 5.75 Å². The van der Waals surface area contributed by atoms with Crippen molar-refractivity contribution in [2.75, 3.05) is 6.61 Å². The van der Waals surface area contributed by atoms with Gasteiger partial charge in [-0.3, -0.25) is 0 Å². The van der Waals surface area contributed by atoms with Crippen LogP contribution in [0.3, 0.4) is 0 Å². The van der Waals surface area contributed by atoms with Crippen LogP contribution in [0.2, 0.25) is 0 Å². The van der Waals surface area contributed by atoms with E-state index in [4.69, 9.17) is 10.5 Å². The highest BCUT2D eigenvalue weighted by Gasteiger charge is 2.27. The molecule has 5 heteroatoms. The fraction of sp³-hybridized carbons (Fsp3) is 0.538. The Morgan fingerprint density at radius 2 is 2.11 bits per heavy atom. The van der Waals surface area contributed by atoms with Crippen LogP contribution in [0.15, 0.2) is 18.2 Å². The highest BCUT2D eigenvalue weighted by molar-refractivity contribution is 5.43. The third kappa shape index (κ3) is 3.16. The quantitative estimate of drug-likeness (QED) is 0.903. The van der Waals surface area contributed by atoms with E-state index in [0.29, 0.717) is 5.75 Å². The summed E-state index contributed by atoms with van der Waals surface area (Å²) in [6.07, 6.45) is -2.41. The minimum absolute atomic E-state index is 0.0279. The molecule has 0 spiro atoms. The summed E-state index contributed by atoms with van der Waals surface area (Å²) in [4.78, 5) is 0. The van der Waals surface area contributed by atoms with Crippen molar-refractivity contribution >= 4 is 0 Å². The van der Waals surface area contributed by atoms with Crippen molar-refractivity contribution in [1.82, 2.24) is 0 Å². The lowest BCUT2D eigenvalue weighted by Gasteiger charge is -2.24.